The molecule has 20 heavy (non-hydrogen) atoms. The van der Waals surface area contributed by atoms with E-state index in [1.165, 1.54) is 12.8 Å². The summed E-state index contributed by atoms with van der Waals surface area (Å²) < 4.78 is 2.08. The molecule has 2 N–H and O–H groups in total. The summed E-state index contributed by atoms with van der Waals surface area (Å²) in [7, 11) is 0. The summed E-state index contributed by atoms with van der Waals surface area (Å²) in [6.07, 6.45) is 9.00. The van der Waals surface area contributed by atoms with E-state index < -0.39 is 0 Å². The Morgan fingerprint density at radius 1 is 1.35 bits per heavy atom. The molecule has 0 aliphatic heterocycles. The Hall–Kier alpha value is -0.830. The Balaban J connectivity index is 1.94. The Labute approximate surface area is 123 Å². The van der Waals surface area contributed by atoms with Crippen molar-refractivity contribution >= 4 is 0 Å². The normalized spacial score (nSPS) is 28.8. The van der Waals surface area contributed by atoms with Crippen LogP contribution in [0.15, 0.2) is 12.3 Å². The lowest BCUT2D eigenvalue weighted by Crippen LogP contribution is -2.46. The van der Waals surface area contributed by atoms with Gasteiger partial charge in [0.2, 0.25) is 0 Å². The van der Waals surface area contributed by atoms with Crippen LogP contribution in [0.2, 0.25) is 0 Å². The van der Waals surface area contributed by atoms with Gasteiger partial charge in [0.05, 0.1) is 5.69 Å². The molecule has 0 radical (unpaired) electrons. The van der Waals surface area contributed by atoms with E-state index in [-0.39, 0.29) is 5.54 Å². The number of hydrogen-bond acceptors (Lipinski definition) is 2. The minimum atomic E-state index is -0.0278. The lowest BCUT2D eigenvalue weighted by atomic mass is 9.71. The van der Waals surface area contributed by atoms with E-state index in [1.54, 1.807) is 0 Å². The van der Waals surface area contributed by atoms with Crippen molar-refractivity contribution in [2.75, 3.05) is 0 Å². The third kappa shape index (κ3) is 3.63. The summed E-state index contributed by atoms with van der Waals surface area (Å²) in [6.45, 7) is 9.08. The molecule has 3 heteroatoms. The van der Waals surface area contributed by atoms with Crippen molar-refractivity contribution in [2.45, 2.75) is 77.8 Å². The average molecular weight is 277 g/mol. The van der Waals surface area contributed by atoms with Crippen LogP contribution in [0.1, 0.15) is 71.5 Å². The Kier molecular flexibility index (Phi) is 4.90. The number of rotatable bonds is 5. The zero-order valence-corrected chi connectivity index (χ0v) is 13.6. The molecule has 1 aromatic heterocycles. The molecule has 1 heterocycles. The van der Waals surface area contributed by atoms with Crippen LogP contribution >= 0.6 is 0 Å². The molecule has 1 atom stereocenters. The van der Waals surface area contributed by atoms with Gasteiger partial charge in [-0.25, -0.2) is 0 Å². The first-order chi connectivity index (χ1) is 9.43. The Morgan fingerprint density at radius 3 is 2.55 bits per heavy atom. The molecule has 1 aromatic rings. The molecular formula is C17H31N3. The van der Waals surface area contributed by atoms with Crippen LogP contribution in [-0.4, -0.2) is 15.3 Å². The maximum absolute atomic E-state index is 6.62. The van der Waals surface area contributed by atoms with Gasteiger partial charge in [0.15, 0.2) is 0 Å². The smallest absolute Gasteiger partial charge is 0.0643 e. The largest absolute Gasteiger partial charge is 0.325 e. The van der Waals surface area contributed by atoms with Crippen LogP contribution < -0.4 is 5.73 Å². The van der Waals surface area contributed by atoms with E-state index in [9.17, 15) is 0 Å². The van der Waals surface area contributed by atoms with Gasteiger partial charge >= 0.3 is 0 Å². The summed E-state index contributed by atoms with van der Waals surface area (Å²) in [5, 5.41) is 4.71. The van der Waals surface area contributed by atoms with Crippen molar-refractivity contribution in [1.29, 1.82) is 0 Å². The predicted molar refractivity (Wildman–Crippen MR) is 84.6 cm³/mol. The molecule has 1 unspecified atom stereocenters. The van der Waals surface area contributed by atoms with Crippen molar-refractivity contribution in [3.05, 3.63) is 18.0 Å². The van der Waals surface area contributed by atoms with Crippen LogP contribution in [0, 0.1) is 11.8 Å². The van der Waals surface area contributed by atoms with E-state index in [2.05, 4.69) is 44.6 Å². The predicted octanol–water partition coefficient (Wildman–Crippen LogP) is 3.94. The molecule has 1 aliphatic rings. The van der Waals surface area contributed by atoms with Crippen LogP contribution in [0.4, 0.5) is 0 Å². The average Bonchev–Trinajstić information content (AvgIpc) is 2.86. The number of nitrogens with two attached hydrogens (primary N) is 1. The van der Waals surface area contributed by atoms with Crippen molar-refractivity contribution in [1.82, 2.24) is 9.78 Å². The van der Waals surface area contributed by atoms with Gasteiger partial charge in [-0.1, -0.05) is 20.8 Å². The molecule has 0 bridgehead atoms. The molecule has 0 amide bonds. The number of hydrogen-bond donors (Lipinski definition) is 1. The first-order valence-corrected chi connectivity index (χ1v) is 8.26. The highest BCUT2D eigenvalue weighted by Gasteiger charge is 2.33. The van der Waals surface area contributed by atoms with Gasteiger partial charge in [-0.2, -0.15) is 5.10 Å². The molecule has 114 valence electrons. The van der Waals surface area contributed by atoms with Gasteiger partial charge in [-0.15, -0.1) is 0 Å². The van der Waals surface area contributed by atoms with E-state index in [0.29, 0.717) is 6.04 Å². The number of nitrogens with zero attached hydrogens (tertiary/aromatic N) is 2. The fourth-order valence-corrected chi connectivity index (χ4v) is 3.32. The van der Waals surface area contributed by atoms with Crippen molar-refractivity contribution < 1.29 is 0 Å². The molecule has 3 nitrogen and oxygen atoms in total. The summed E-state index contributed by atoms with van der Waals surface area (Å²) in [5.74, 6) is 1.66. The molecule has 1 saturated carbocycles. The van der Waals surface area contributed by atoms with E-state index >= 15 is 0 Å². The second kappa shape index (κ2) is 6.30. The topological polar surface area (TPSA) is 43.8 Å². The maximum Gasteiger partial charge on any atom is 0.0643 e. The standard InChI is InChI=1S/C17H31N3/c1-5-14(4)20-11-8-16(19-20)12-17(18)9-6-15(7-10-17)13(2)3/h8,11,13-15H,5-7,9-10,12,18H2,1-4H3. The van der Waals surface area contributed by atoms with Crippen molar-refractivity contribution in [2.24, 2.45) is 17.6 Å². The molecule has 2 rings (SSSR count). The van der Waals surface area contributed by atoms with E-state index in [0.717, 1.165) is 43.2 Å². The van der Waals surface area contributed by atoms with Crippen LogP contribution in [-0.2, 0) is 6.42 Å². The summed E-state index contributed by atoms with van der Waals surface area (Å²) in [5.41, 5.74) is 7.76. The van der Waals surface area contributed by atoms with E-state index in [4.69, 9.17) is 10.8 Å². The van der Waals surface area contributed by atoms with Crippen molar-refractivity contribution in [3.63, 3.8) is 0 Å². The summed E-state index contributed by atoms with van der Waals surface area (Å²) in [6, 6.07) is 2.63. The van der Waals surface area contributed by atoms with Crippen LogP contribution in [0.25, 0.3) is 0 Å². The lowest BCUT2D eigenvalue weighted by molar-refractivity contribution is 0.193. The molecule has 0 aromatic carbocycles. The van der Waals surface area contributed by atoms with Gasteiger partial charge in [0.1, 0.15) is 0 Å². The van der Waals surface area contributed by atoms with Crippen molar-refractivity contribution in [3.8, 4) is 0 Å². The van der Waals surface area contributed by atoms with Crippen LogP contribution in [0.3, 0.4) is 0 Å². The molecule has 1 fully saturated rings. The molecular weight excluding hydrogens is 246 g/mol. The molecule has 0 spiro atoms. The first-order valence-electron chi connectivity index (χ1n) is 8.26. The van der Waals surface area contributed by atoms with Gasteiger partial charge < -0.3 is 5.73 Å². The Bertz CT molecular complexity index is 414. The second-order valence-corrected chi connectivity index (χ2v) is 7.16. The minimum absolute atomic E-state index is 0.0278. The van der Waals surface area contributed by atoms with Gasteiger partial charge in [0.25, 0.3) is 0 Å². The lowest BCUT2D eigenvalue weighted by Gasteiger charge is -2.38. The second-order valence-electron chi connectivity index (χ2n) is 7.16. The highest BCUT2D eigenvalue weighted by Crippen LogP contribution is 2.36. The highest BCUT2D eigenvalue weighted by atomic mass is 15.3. The van der Waals surface area contributed by atoms with Gasteiger partial charge in [-0.05, 0) is 56.9 Å². The maximum atomic E-state index is 6.62. The first kappa shape index (κ1) is 15.6. The van der Waals surface area contributed by atoms with E-state index in [1.807, 2.05) is 0 Å². The minimum Gasteiger partial charge on any atom is -0.325 e. The third-order valence-electron chi connectivity index (χ3n) is 5.21. The zero-order valence-electron chi connectivity index (χ0n) is 13.6. The Morgan fingerprint density at radius 2 is 2.00 bits per heavy atom. The zero-order chi connectivity index (χ0) is 14.8. The van der Waals surface area contributed by atoms with Gasteiger partial charge in [-0.3, -0.25) is 4.68 Å². The van der Waals surface area contributed by atoms with Gasteiger partial charge in [0, 0.05) is 24.2 Å². The molecule has 1 aliphatic carbocycles. The monoisotopic (exact) mass is 277 g/mol. The fraction of sp³-hybridized carbons (Fsp3) is 0.824. The van der Waals surface area contributed by atoms with Crippen LogP contribution in [0.5, 0.6) is 0 Å². The summed E-state index contributed by atoms with van der Waals surface area (Å²) in [4.78, 5) is 0. The fourth-order valence-electron chi connectivity index (χ4n) is 3.32. The summed E-state index contributed by atoms with van der Waals surface area (Å²) >= 11 is 0. The quantitative estimate of drug-likeness (QED) is 0.886. The SMILES string of the molecule is CCC(C)n1ccc(CC2(N)CCC(C(C)C)CC2)n1. The number of aromatic nitrogens is 2. The highest BCUT2D eigenvalue weighted by molar-refractivity contribution is 5.07. The molecule has 0 saturated heterocycles. The third-order valence-corrected chi connectivity index (χ3v) is 5.21.